The predicted octanol–water partition coefficient (Wildman–Crippen LogP) is 1.68. The highest BCUT2D eigenvalue weighted by Gasteiger charge is 2.24. The average Bonchev–Trinajstić information content (AvgIpc) is 2.48. The first-order valence-electron chi connectivity index (χ1n) is 6.18. The summed E-state index contributed by atoms with van der Waals surface area (Å²) in [5.41, 5.74) is 10.1. The number of nitrogen functional groups attached to an aromatic ring is 2. The van der Waals surface area contributed by atoms with Crippen molar-refractivity contribution in [2.45, 2.75) is 0 Å². The van der Waals surface area contributed by atoms with Crippen molar-refractivity contribution < 1.29 is 24.4 Å². The van der Waals surface area contributed by atoms with Crippen molar-refractivity contribution in [3.8, 4) is 5.75 Å². The Labute approximate surface area is 129 Å². The molecule has 0 atom stereocenters. The standard InChI is InChI=1S/C14H11N3O6/c15-7-1-3-11(17(21)22)9(5-7)14(20)23-12-4-2-8(16)6-10(12)13(18)19/h1-6H,15-16H2,(H,18,19). The van der Waals surface area contributed by atoms with E-state index in [4.69, 9.17) is 21.3 Å². The van der Waals surface area contributed by atoms with Crippen LogP contribution in [0.1, 0.15) is 20.7 Å². The number of carbonyl (C=O) groups excluding carboxylic acids is 1. The first kappa shape index (κ1) is 15.8. The number of nitrogens with zero attached hydrogens (tertiary/aromatic N) is 1. The summed E-state index contributed by atoms with van der Waals surface area (Å²) in [7, 11) is 0. The summed E-state index contributed by atoms with van der Waals surface area (Å²) in [5, 5.41) is 20.0. The molecule has 0 spiro atoms. The third kappa shape index (κ3) is 3.35. The summed E-state index contributed by atoms with van der Waals surface area (Å²) < 4.78 is 4.96. The zero-order valence-corrected chi connectivity index (χ0v) is 11.6. The Hall–Kier alpha value is -3.62. The first-order chi connectivity index (χ1) is 10.8. The maximum Gasteiger partial charge on any atom is 0.350 e. The molecule has 0 radical (unpaired) electrons. The van der Waals surface area contributed by atoms with Crippen LogP contribution in [0.15, 0.2) is 36.4 Å². The maximum atomic E-state index is 12.1. The molecule has 0 aliphatic heterocycles. The van der Waals surface area contributed by atoms with Crippen LogP contribution in [0.4, 0.5) is 17.1 Å². The highest BCUT2D eigenvalue weighted by Crippen LogP contribution is 2.26. The molecular formula is C14H11N3O6. The van der Waals surface area contributed by atoms with Gasteiger partial charge in [0, 0.05) is 17.4 Å². The number of esters is 1. The van der Waals surface area contributed by atoms with Crippen LogP contribution in [0.25, 0.3) is 0 Å². The van der Waals surface area contributed by atoms with Gasteiger partial charge in [0.05, 0.1) is 4.92 Å². The van der Waals surface area contributed by atoms with Gasteiger partial charge in [-0.05, 0) is 30.3 Å². The number of nitro benzene ring substituents is 1. The molecule has 5 N–H and O–H groups in total. The summed E-state index contributed by atoms with van der Waals surface area (Å²) in [4.78, 5) is 33.5. The van der Waals surface area contributed by atoms with E-state index < -0.39 is 22.5 Å². The SMILES string of the molecule is Nc1ccc(OC(=O)c2cc(N)ccc2[N+](=O)[O-])c(C(=O)O)c1. The van der Waals surface area contributed by atoms with Crippen molar-refractivity contribution in [2.75, 3.05) is 11.5 Å². The minimum absolute atomic E-state index is 0.123. The number of nitro groups is 1. The van der Waals surface area contributed by atoms with Gasteiger partial charge in [0.1, 0.15) is 16.9 Å². The Morgan fingerprint density at radius 3 is 2.17 bits per heavy atom. The quantitative estimate of drug-likeness (QED) is 0.252. The van der Waals surface area contributed by atoms with Gasteiger partial charge in [0.25, 0.3) is 5.69 Å². The highest BCUT2D eigenvalue weighted by atomic mass is 16.6. The van der Waals surface area contributed by atoms with Crippen LogP contribution >= 0.6 is 0 Å². The monoisotopic (exact) mass is 317 g/mol. The van der Waals surface area contributed by atoms with Crippen molar-refractivity contribution >= 4 is 29.0 Å². The van der Waals surface area contributed by atoms with Gasteiger partial charge in [-0.15, -0.1) is 0 Å². The lowest BCUT2D eigenvalue weighted by Gasteiger charge is -2.09. The Balaban J connectivity index is 2.43. The van der Waals surface area contributed by atoms with E-state index in [1.165, 1.54) is 18.2 Å². The van der Waals surface area contributed by atoms with E-state index in [1.807, 2.05) is 0 Å². The Morgan fingerprint density at radius 1 is 1.04 bits per heavy atom. The summed E-state index contributed by atoms with van der Waals surface area (Å²) in [6.07, 6.45) is 0. The van der Waals surface area contributed by atoms with Crippen LogP contribution in [-0.2, 0) is 0 Å². The lowest BCUT2D eigenvalue weighted by Crippen LogP contribution is -2.14. The third-order valence-corrected chi connectivity index (χ3v) is 2.87. The van der Waals surface area contributed by atoms with Gasteiger partial charge in [-0.3, -0.25) is 10.1 Å². The van der Waals surface area contributed by atoms with Gasteiger partial charge in [-0.25, -0.2) is 9.59 Å². The van der Waals surface area contributed by atoms with Crippen LogP contribution in [0.5, 0.6) is 5.75 Å². The normalized spacial score (nSPS) is 10.1. The summed E-state index contributed by atoms with van der Waals surface area (Å²) >= 11 is 0. The smallest absolute Gasteiger partial charge is 0.350 e. The number of carboxylic acids is 1. The van der Waals surface area contributed by atoms with Gasteiger partial charge >= 0.3 is 11.9 Å². The van der Waals surface area contributed by atoms with Gasteiger partial charge in [-0.2, -0.15) is 0 Å². The molecule has 9 nitrogen and oxygen atoms in total. The first-order valence-corrected chi connectivity index (χ1v) is 6.18. The Bertz CT molecular complexity index is 818. The van der Waals surface area contributed by atoms with E-state index in [9.17, 15) is 19.7 Å². The molecule has 23 heavy (non-hydrogen) atoms. The van der Waals surface area contributed by atoms with Crippen LogP contribution < -0.4 is 16.2 Å². The number of benzene rings is 2. The van der Waals surface area contributed by atoms with Crippen molar-refractivity contribution in [1.82, 2.24) is 0 Å². The molecule has 0 bridgehead atoms. The Kier molecular flexibility index (Phi) is 4.12. The molecule has 0 saturated carbocycles. The average molecular weight is 317 g/mol. The number of ether oxygens (including phenoxy) is 1. The van der Waals surface area contributed by atoms with E-state index in [1.54, 1.807) is 0 Å². The molecule has 0 unspecified atom stereocenters. The number of carbonyl (C=O) groups is 2. The molecule has 0 aliphatic carbocycles. The van der Waals surface area contributed by atoms with E-state index in [-0.39, 0.29) is 28.3 Å². The van der Waals surface area contributed by atoms with Crippen LogP contribution in [0, 0.1) is 10.1 Å². The second kappa shape index (κ2) is 6.02. The van der Waals surface area contributed by atoms with E-state index >= 15 is 0 Å². The van der Waals surface area contributed by atoms with Gasteiger partial charge in [-0.1, -0.05) is 0 Å². The number of hydrogen-bond donors (Lipinski definition) is 3. The summed E-state index contributed by atoms with van der Waals surface area (Å²) in [5.74, 6) is -2.74. The van der Waals surface area contributed by atoms with Gasteiger partial charge in [0.2, 0.25) is 0 Å². The zero-order valence-electron chi connectivity index (χ0n) is 11.6. The van der Waals surface area contributed by atoms with Crippen molar-refractivity contribution in [1.29, 1.82) is 0 Å². The predicted molar refractivity (Wildman–Crippen MR) is 80.3 cm³/mol. The van der Waals surface area contributed by atoms with E-state index in [0.717, 1.165) is 18.2 Å². The fraction of sp³-hybridized carbons (Fsp3) is 0. The van der Waals surface area contributed by atoms with Crippen molar-refractivity contribution in [3.05, 3.63) is 57.6 Å². The van der Waals surface area contributed by atoms with Crippen LogP contribution in [0.3, 0.4) is 0 Å². The van der Waals surface area contributed by atoms with E-state index in [2.05, 4.69) is 0 Å². The fourth-order valence-electron chi connectivity index (χ4n) is 1.83. The summed E-state index contributed by atoms with van der Waals surface area (Å²) in [6, 6.07) is 7.04. The second-order valence-electron chi connectivity index (χ2n) is 4.48. The second-order valence-corrected chi connectivity index (χ2v) is 4.48. The fourth-order valence-corrected chi connectivity index (χ4v) is 1.83. The van der Waals surface area contributed by atoms with Crippen LogP contribution in [-0.4, -0.2) is 22.0 Å². The topological polar surface area (TPSA) is 159 Å². The highest BCUT2D eigenvalue weighted by molar-refractivity contribution is 5.98. The van der Waals surface area contributed by atoms with Crippen molar-refractivity contribution in [2.24, 2.45) is 0 Å². The number of anilines is 2. The molecule has 0 fully saturated rings. The summed E-state index contributed by atoms with van der Waals surface area (Å²) in [6.45, 7) is 0. The number of aromatic carboxylic acids is 1. The van der Waals surface area contributed by atoms with Gasteiger partial charge < -0.3 is 21.3 Å². The van der Waals surface area contributed by atoms with Gasteiger partial charge in [0.15, 0.2) is 0 Å². The third-order valence-electron chi connectivity index (χ3n) is 2.87. The molecule has 9 heteroatoms. The molecule has 0 amide bonds. The molecule has 2 aromatic carbocycles. The number of nitrogens with two attached hydrogens (primary N) is 2. The Morgan fingerprint density at radius 2 is 1.61 bits per heavy atom. The molecule has 2 aromatic rings. The molecule has 0 saturated heterocycles. The van der Waals surface area contributed by atoms with Crippen molar-refractivity contribution in [3.63, 3.8) is 0 Å². The molecule has 118 valence electrons. The molecule has 2 rings (SSSR count). The lowest BCUT2D eigenvalue weighted by molar-refractivity contribution is -0.385. The number of rotatable bonds is 4. The largest absolute Gasteiger partial charge is 0.478 e. The molecule has 0 heterocycles. The molecular weight excluding hydrogens is 306 g/mol. The molecule has 0 aliphatic rings. The lowest BCUT2D eigenvalue weighted by atomic mass is 10.1. The number of hydrogen-bond acceptors (Lipinski definition) is 7. The maximum absolute atomic E-state index is 12.1. The number of carboxylic acid groups (broad SMARTS) is 1. The zero-order chi connectivity index (χ0) is 17.1. The van der Waals surface area contributed by atoms with E-state index in [0.29, 0.717) is 0 Å². The molecule has 0 aromatic heterocycles. The van der Waals surface area contributed by atoms with Crippen LogP contribution in [0.2, 0.25) is 0 Å². The minimum atomic E-state index is -1.36. The minimum Gasteiger partial charge on any atom is -0.478 e.